The number of piperidine rings is 1. The molecule has 1 heterocycles. The molecule has 0 saturated carbocycles. The highest BCUT2D eigenvalue weighted by Crippen LogP contribution is 2.31. The standard InChI is InChI=1S/C24H29N3O4S/c1-17(28)25-20-9-11-21(12-10-20)32(30,31)27-15-13-19(14-16-27)24(29)26-23-8-4-6-18-5-2-3-7-22(18)23/h2-3,5,7,9-12,19,23H,4,6,8,13-16H2,1H3,(H,25,28)(H,26,29)/t23-/m1/s1. The molecule has 7 nitrogen and oxygen atoms in total. The largest absolute Gasteiger partial charge is 0.349 e. The van der Waals surface area contributed by atoms with Crippen molar-refractivity contribution in [3.05, 3.63) is 59.7 Å². The second-order valence-corrected chi connectivity index (χ2v) is 10.5. The Bertz CT molecular complexity index is 1090. The SMILES string of the molecule is CC(=O)Nc1ccc(S(=O)(=O)N2CCC(C(=O)N[C@@H]3CCCc4ccccc43)CC2)cc1. The van der Waals surface area contributed by atoms with Gasteiger partial charge in [0.1, 0.15) is 0 Å². The van der Waals surface area contributed by atoms with Gasteiger partial charge in [-0.2, -0.15) is 4.31 Å². The maximum Gasteiger partial charge on any atom is 0.243 e. The number of hydrogen-bond donors (Lipinski definition) is 2. The van der Waals surface area contributed by atoms with E-state index in [0.717, 1.165) is 19.3 Å². The Labute approximate surface area is 189 Å². The first-order chi connectivity index (χ1) is 15.3. The topological polar surface area (TPSA) is 95.6 Å². The first kappa shape index (κ1) is 22.5. The van der Waals surface area contributed by atoms with E-state index in [1.807, 2.05) is 12.1 Å². The number of nitrogens with one attached hydrogen (secondary N) is 2. The summed E-state index contributed by atoms with van der Waals surface area (Å²) in [6.07, 6.45) is 4.04. The van der Waals surface area contributed by atoms with Crippen LogP contribution in [0.4, 0.5) is 5.69 Å². The van der Waals surface area contributed by atoms with Crippen molar-refractivity contribution in [2.24, 2.45) is 5.92 Å². The molecular formula is C24H29N3O4S. The molecule has 4 rings (SSSR count). The summed E-state index contributed by atoms with van der Waals surface area (Å²) in [5, 5.41) is 5.84. The van der Waals surface area contributed by atoms with Crippen LogP contribution < -0.4 is 10.6 Å². The molecule has 0 spiro atoms. The lowest BCUT2D eigenvalue weighted by Crippen LogP contribution is -2.44. The van der Waals surface area contributed by atoms with Gasteiger partial charge in [0, 0.05) is 31.6 Å². The van der Waals surface area contributed by atoms with Gasteiger partial charge in [0.2, 0.25) is 21.8 Å². The van der Waals surface area contributed by atoms with E-state index in [9.17, 15) is 18.0 Å². The Kier molecular flexibility index (Phi) is 6.62. The molecule has 0 unspecified atom stereocenters. The van der Waals surface area contributed by atoms with Crippen LogP contribution in [0.3, 0.4) is 0 Å². The van der Waals surface area contributed by atoms with Gasteiger partial charge in [0.05, 0.1) is 10.9 Å². The predicted molar refractivity (Wildman–Crippen MR) is 122 cm³/mol. The molecule has 2 amide bonds. The summed E-state index contributed by atoms with van der Waals surface area (Å²) < 4.78 is 27.4. The van der Waals surface area contributed by atoms with Gasteiger partial charge >= 0.3 is 0 Å². The molecular weight excluding hydrogens is 426 g/mol. The van der Waals surface area contributed by atoms with Gasteiger partial charge in [-0.1, -0.05) is 24.3 Å². The quantitative estimate of drug-likeness (QED) is 0.724. The van der Waals surface area contributed by atoms with E-state index in [-0.39, 0.29) is 28.7 Å². The smallest absolute Gasteiger partial charge is 0.243 e. The van der Waals surface area contributed by atoms with Gasteiger partial charge in [-0.05, 0) is 67.5 Å². The Morgan fingerprint density at radius 3 is 2.34 bits per heavy atom. The van der Waals surface area contributed by atoms with E-state index in [2.05, 4.69) is 22.8 Å². The van der Waals surface area contributed by atoms with Crippen LogP contribution in [0.5, 0.6) is 0 Å². The molecule has 0 radical (unpaired) electrons. The third kappa shape index (κ3) is 4.86. The number of carbonyl (C=O) groups is 2. The average molecular weight is 456 g/mol. The second kappa shape index (κ2) is 9.42. The van der Waals surface area contributed by atoms with Crippen LogP contribution in [-0.2, 0) is 26.0 Å². The van der Waals surface area contributed by atoms with Crippen LogP contribution in [0, 0.1) is 5.92 Å². The number of carbonyl (C=O) groups excluding carboxylic acids is 2. The molecule has 1 fully saturated rings. The van der Waals surface area contributed by atoms with E-state index >= 15 is 0 Å². The number of amides is 2. The fraction of sp³-hybridized carbons (Fsp3) is 0.417. The summed E-state index contributed by atoms with van der Waals surface area (Å²) in [5.41, 5.74) is 3.06. The van der Waals surface area contributed by atoms with Crippen LogP contribution in [-0.4, -0.2) is 37.6 Å². The summed E-state index contributed by atoms with van der Waals surface area (Å²) in [6.45, 7) is 2.03. The minimum absolute atomic E-state index is 0.0170. The minimum atomic E-state index is -3.63. The predicted octanol–water partition coefficient (Wildman–Crippen LogP) is 3.24. The summed E-state index contributed by atoms with van der Waals surface area (Å²) in [7, 11) is -3.63. The van der Waals surface area contributed by atoms with Gasteiger partial charge in [-0.25, -0.2) is 8.42 Å². The average Bonchev–Trinajstić information content (AvgIpc) is 2.79. The third-order valence-electron chi connectivity index (χ3n) is 6.32. The Hall–Kier alpha value is -2.71. The highest BCUT2D eigenvalue weighted by molar-refractivity contribution is 7.89. The number of hydrogen-bond acceptors (Lipinski definition) is 4. The monoisotopic (exact) mass is 455 g/mol. The van der Waals surface area contributed by atoms with E-state index in [1.54, 1.807) is 12.1 Å². The van der Waals surface area contributed by atoms with Crippen molar-refractivity contribution in [2.75, 3.05) is 18.4 Å². The van der Waals surface area contributed by atoms with Crippen LogP contribution in [0.2, 0.25) is 0 Å². The van der Waals surface area contributed by atoms with Crippen molar-refractivity contribution in [3.63, 3.8) is 0 Å². The normalized spacial score (nSPS) is 19.7. The van der Waals surface area contributed by atoms with Gasteiger partial charge in [0.15, 0.2) is 0 Å². The number of anilines is 1. The third-order valence-corrected chi connectivity index (χ3v) is 8.24. The fourth-order valence-corrected chi connectivity index (χ4v) is 6.08. The Morgan fingerprint density at radius 2 is 1.66 bits per heavy atom. The van der Waals surface area contributed by atoms with Gasteiger partial charge in [-0.3, -0.25) is 9.59 Å². The molecule has 8 heteroatoms. The van der Waals surface area contributed by atoms with Crippen LogP contribution in [0.25, 0.3) is 0 Å². The molecule has 1 atom stereocenters. The lowest BCUT2D eigenvalue weighted by molar-refractivity contribution is -0.127. The molecule has 32 heavy (non-hydrogen) atoms. The highest BCUT2D eigenvalue weighted by atomic mass is 32.2. The summed E-state index contributed by atoms with van der Waals surface area (Å²) in [6, 6.07) is 14.5. The van der Waals surface area contributed by atoms with Crippen molar-refractivity contribution in [1.29, 1.82) is 0 Å². The summed E-state index contributed by atoms with van der Waals surface area (Å²) in [5.74, 6) is -0.376. The molecule has 2 N–H and O–H groups in total. The molecule has 1 aliphatic carbocycles. The molecule has 2 aromatic rings. The molecule has 2 aliphatic rings. The molecule has 2 aromatic carbocycles. The van der Waals surface area contributed by atoms with Crippen LogP contribution in [0.15, 0.2) is 53.4 Å². The fourth-order valence-electron chi connectivity index (χ4n) is 4.61. The van der Waals surface area contributed by atoms with Crippen molar-refractivity contribution in [3.8, 4) is 0 Å². The Morgan fingerprint density at radius 1 is 0.969 bits per heavy atom. The zero-order valence-electron chi connectivity index (χ0n) is 18.2. The van der Waals surface area contributed by atoms with Crippen molar-refractivity contribution < 1.29 is 18.0 Å². The van der Waals surface area contributed by atoms with Crippen molar-refractivity contribution >= 4 is 27.5 Å². The first-order valence-electron chi connectivity index (χ1n) is 11.1. The highest BCUT2D eigenvalue weighted by Gasteiger charge is 2.33. The van der Waals surface area contributed by atoms with E-state index < -0.39 is 10.0 Å². The van der Waals surface area contributed by atoms with Gasteiger partial charge in [-0.15, -0.1) is 0 Å². The minimum Gasteiger partial charge on any atom is -0.349 e. The molecule has 1 aliphatic heterocycles. The summed E-state index contributed by atoms with van der Waals surface area (Å²) >= 11 is 0. The van der Waals surface area contributed by atoms with Crippen molar-refractivity contribution in [1.82, 2.24) is 9.62 Å². The molecule has 170 valence electrons. The number of aryl methyl sites for hydroxylation is 1. The first-order valence-corrected chi connectivity index (χ1v) is 12.5. The van der Waals surface area contributed by atoms with Crippen LogP contribution in [0.1, 0.15) is 49.8 Å². The van der Waals surface area contributed by atoms with Gasteiger partial charge in [0.25, 0.3) is 0 Å². The maximum absolute atomic E-state index is 13.0. The van der Waals surface area contributed by atoms with Gasteiger partial charge < -0.3 is 10.6 Å². The molecule has 1 saturated heterocycles. The number of nitrogens with zero attached hydrogens (tertiary/aromatic N) is 1. The van der Waals surface area contributed by atoms with Crippen LogP contribution >= 0.6 is 0 Å². The molecule has 0 aromatic heterocycles. The van der Waals surface area contributed by atoms with E-state index in [1.165, 1.54) is 34.5 Å². The lowest BCUT2D eigenvalue weighted by atomic mass is 9.87. The second-order valence-electron chi connectivity index (χ2n) is 8.54. The molecule has 0 bridgehead atoms. The zero-order valence-corrected chi connectivity index (χ0v) is 19.0. The number of benzene rings is 2. The Balaban J connectivity index is 1.35. The number of sulfonamides is 1. The van der Waals surface area contributed by atoms with E-state index in [0.29, 0.717) is 31.6 Å². The summed E-state index contributed by atoms with van der Waals surface area (Å²) in [4.78, 5) is 24.2. The zero-order chi connectivity index (χ0) is 22.7. The van der Waals surface area contributed by atoms with Crippen molar-refractivity contribution in [2.45, 2.75) is 50.0 Å². The maximum atomic E-state index is 13.0. The number of rotatable bonds is 5. The number of fused-ring (bicyclic) bond motifs is 1. The lowest BCUT2D eigenvalue weighted by Gasteiger charge is -2.32. The van der Waals surface area contributed by atoms with E-state index in [4.69, 9.17) is 0 Å².